The first-order valence-electron chi connectivity index (χ1n) is 5.37. The van der Waals surface area contributed by atoms with Crippen molar-refractivity contribution in [3.63, 3.8) is 0 Å². The van der Waals surface area contributed by atoms with Gasteiger partial charge in [0.05, 0.1) is 18.0 Å². The first kappa shape index (κ1) is 9.03. The van der Waals surface area contributed by atoms with Gasteiger partial charge in [0.2, 0.25) is 0 Å². The highest BCUT2D eigenvalue weighted by atomic mass is 16.5. The molecule has 1 aliphatic carbocycles. The lowest BCUT2D eigenvalue weighted by molar-refractivity contribution is -0.111. The van der Waals surface area contributed by atoms with Crippen molar-refractivity contribution in [3.8, 4) is 0 Å². The maximum atomic E-state index is 10.9. The van der Waals surface area contributed by atoms with Crippen LogP contribution in [0.4, 0.5) is 0 Å². The molecular formula is C10H13N3O2. The van der Waals surface area contributed by atoms with Gasteiger partial charge in [-0.25, -0.2) is 4.68 Å². The summed E-state index contributed by atoms with van der Waals surface area (Å²) in [5.41, 5.74) is 2.05. The highest BCUT2D eigenvalue weighted by Crippen LogP contribution is 2.41. The van der Waals surface area contributed by atoms with Crippen LogP contribution < -0.4 is 0 Å². The van der Waals surface area contributed by atoms with Crippen molar-refractivity contribution in [2.24, 2.45) is 0 Å². The third kappa shape index (κ3) is 1.47. The van der Waals surface area contributed by atoms with Crippen LogP contribution in [0.2, 0.25) is 0 Å². The van der Waals surface area contributed by atoms with Gasteiger partial charge in [0.25, 0.3) is 0 Å². The molecule has 0 saturated heterocycles. The van der Waals surface area contributed by atoms with Gasteiger partial charge in [-0.05, 0) is 12.8 Å². The monoisotopic (exact) mass is 207 g/mol. The average Bonchev–Trinajstić information content (AvgIpc) is 3.05. The SMILES string of the molecule is O=CC1CCOCc2c(C3CC3)nnn21. The smallest absolute Gasteiger partial charge is 0.144 e. The number of aldehydes is 1. The van der Waals surface area contributed by atoms with Crippen molar-refractivity contribution < 1.29 is 9.53 Å². The van der Waals surface area contributed by atoms with Crippen LogP contribution in [0.25, 0.3) is 0 Å². The molecule has 1 fully saturated rings. The van der Waals surface area contributed by atoms with Gasteiger partial charge in [-0.1, -0.05) is 5.21 Å². The van der Waals surface area contributed by atoms with E-state index in [1.807, 2.05) is 0 Å². The maximum Gasteiger partial charge on any atom is 0.144 e. The number of hydrogen-bond donors (Lipinski definition) is 0. The summed E-state index contributed by atoms with van der Waals surface area (Å²) in [4.78, 5) is 10.9. The number of ether oxygens (including phenoxy) is 1. The summed E-state index contributed by atoms with van der Waals surface area (Å²) < 4.78 is 7.21. The Balaban J connectivity index is 2.01. The molecule has 1 aliphatic heterocycles. The van der Waals surface area contributed by atoms with E-state index in [4.69, 9.17) is 4.74 Å². The van der Waals surface area contributed by atoms with Gasteiger partial charge < -0.3 is 9.53 Å². The van der Waals surface area contributed by atoms with Crippen LogP contribution in [0.3, 0.4) is 0 Å². The first-order chi connectivity index (χ1) is 7.40. The molecule has 2 heterocycles. The Morgan fingerprint density at radius 1 is 1.40 bits per heavy atom. The summed E-state index contributed by atoms with van der Waals surface area (Å²) in [7, 11) is 0. The summed E-state index contributed by atoms with van der Waals surface area (Å²) in [5.74, 6) is 0.558. The minimum atomic E-state index is -0.192. The van der Waals surface area contributed by atoms with Crippen molar-refractivity contribution in [1.29, 1.82) is 0 Å². The van der Waals surface area contributed by atoms with Crippen molar-refractivity contribution >= 4 is 6.29 Å². The molecule has 80 valence electrons. The number of aromatic nitrogens is 3. The predicted molar refractivity (Wildman–Crippen MR) is 51.4 cm³/mol. The third-order valence-corrected chi connectivity index (χ3v) is 3.05. The Morgan fingerprint density at radius 3 is 3.00 bits per heavy atom. The van der Waals surface area contributed by atoms with Crippen molar-refractivity contribution in [3.05, 3.63) is 11.4 Å². The molecule has 0 spiro atoms. The van der Waals surface area contributed by atoms with E-state index < -0.39 is 0 Å². The van der Waals surface area contributed by atoms with E-state index in [-0.39, 0.29) is 6.04 Å². The summed E-state index contributed by atoms with van der Waals surface area (Å²) in [6.07, 6.45) is 4.02. The Kier molecular flexibility index (Phi) is 2.05. The molecule has 15 heavy (non-hydrogen) atoms. The molecule has 1 atom stereocenters. The van der Waals surface area contributed by atoms with E-state index in [0.717, 1.165) is 17.7 Å². The summed E-state index contributed by atoms with van der Waals surface area (Å²) in [6, 6.07) is -0.192. The highest BCUT2D eigenvalue weighted by molar-refractivity contribution is 5.56. The second-order valence-corrected chi connectivity index (χ2v) is 4.18. The highest BCUT2D eigenvalue weighted by Gasteiger charge is 2.32. The van der Waals surface area contributed by atoms with Crippen LogP contribution in [0, 0.1) is 0 Å². The molecule has 0 amide bonds. The zero-order chi connectivity index (χ0) is 10.3. The zero-order valence-electron chi connectivity index (χ0n) is 8.43. The molecule has 1 aromatic heterocycles. The van der Waals surface area contributed by atoms with Crippen LogP contribution >= 0.6 is 0 Å². The van der Waals surface area contributed by atoms with Crippen LogP contribution in [0.5, 0.6) is 0 Å². The molecule has 2 aliphatic rings. The molecule has 5 heteroatoms. The largest absolute Gasteiger partial charge is 0.375 e. The zero-order valence-corrected chi connectivity index (χ0v) is 8.43. The topological polar surface area (TPSA) is 57.0 Å². The van der Waals surface area contributed by atoms with Crippen molar-refractivity contribution in [2.75, 3.05) is 6.61 Å². The van der Waals surface area contributed by atoms with E-state index in [2.05, 4.69) is 10.3 Å². The van der Waals surface area contributed by atoms with Gasteiger partial charge in [0.1, 0.15) is 12.3 Å². The summed E-state index contributed by atoms with van der Waals surface area (Å²) in [6.45, 7) is 1.17. The predicted octanol–water partition coefficient (Wildman–Crippen LogP) is 0.816. The molecule has 0 N–H and O–H groups in total. The van der Waals surface area contributed by atoms with E-state index >= 15 is 0 Å². The minimum absolute atomic E-state index is 0.192. The van der Waals surface area contributed by atoms with E-state index in [1.54, 1.807) is 4.68 Å². The average molecular weight is 207 g/mol. The Hall–Kier alpha value is -1.23. The molecular weight excluding hydrogens is 194 g/mol. The fourth-order valence-corrected chi connectivity index (χ4v) is 2.03. The molecule has 5 nitrogen and oxygen atoms in total. The van der Waals surface area contributed by atoms with Gasteiger partial charge in [0, 0.05) is 18.9 Å². The quantitative estimate of drug-likeness (QED) is 0.673. The van der Waals surface area contributed by atoms with Gasteiger partial charge >= 0.3 is 0 Å². The maximum absolute atomic E-state index is 10.9. The molecule has 1 unspecified atom stereocenters. The van der Waals surface area contributed by atoms with Gasteiger partial charge in [-0.2, -0.15) is 0 Å². The number of rotatable bonds is 2. The molecule has 0 radical (unpaired) electrons. The number of nitrogens with zero attached hydrogens (tertiary/aromatic N) is 3. The fraction of sp³-hybridized carbons (Fsp3) is 0.700. The summed E-state index contributed by atoms with van der Waals surface area (Å²) in [5, 5.41) is 8.26. The number of carbonyl (C=O) groups is 1. The Labute approximate surface area is 87.4 Å². The van der Waals surface area contributed by atoms with Gasteiger partial charge in [-0.15, -0.1) is 5.10 Å². The number of fused-ring (bicyclic) bond motifs is 1. The third-order valence-electron chi connectivity index (χ3n) is 3.05. The lowest BCUT2D eigenvalue weighted by atomic mass is 10.2. The lowest BCUT2D eigenvalue weighted by Gasteiger charge is -2.07. The first-order valence-corrected chi connectivity index (χ1v) is 5.37. The lowest BCUT2D eigenvalue weighted by Crippen LogP contribution is -2.13. The normalized spacial score (nSPS) is 25.7. The number of carbonyl (C=O) groups excluding carboxylic acids is 1. The Morgan fingerprint density at radius 2 is 2.27 bits per heavy atom. The van der Waals surface area contributed by atoms with E-state index in [9.17, 15) is 4.79 Å². The van der Waals surface area contributed by atoms with Crippen LogP contribution in [0.15, 0.2) is 0 Å². The molecule has 0 bridgehead atoms. The number of hydrogen-bond acceptors (Lipinski definition) is 4. The standard InChI is InChI=1S/C10H13N3O2/c14-5-8-3-4-15-6-9-10(7-1-2-7)11-12-13(8)9/h5,7-8H,1-4,6H2. The minimum Gasteiger partial charge on any atom is -0.375 e. The molecule has 3 rings (SSSR count). The van der Waals surface area contributed by atoms with Gasteiger partial charge in [0.15, 0.2) is 0 Å². The Bertz CT molecular complexity index is 384. The second-order valence-electron chi connectivity index (χ2n) is 4.18. The molecule has 0 aromatic carbocycles. The van der Waals surface area contributed by atoms with E-state index in [0.29, 0.717) is 25.6 Å². The van der Waals surface area contributed by atoms with Crippen molar-refractivity contribution in [1.82, 2.24) is 15.0 Å². The molecule has 1 saturated carbocycles. The molecule has 1 aromatic rings. The fourth-order valence-electron chi connectivity index (χ4n) is 2.03. The van der Waals surface area contributed by atoms with Crippen LogP contribution in [0.1, 0.15) is 42.6 Å². The van der Waals surface area contributed by atoms with E-state index in [1.165, 1.54) is 12.8 Å². The van der Waals surface area contributed by atoms with Crippen LogP contribution in [-0.4, -0.2) is 27.9 Å². The summed E-state index contributed by atoms with van der Waals surface area (Å²) >= 11 is 0. The van der Waals surface area contributed by atoms with Crippen LogP contribution in [-0.2, 0) is 16.1 Å². The van der Waals surface area contributed by atoms with Gasteiger partial charge in [-0.3, -0.25) is 0 Å². The van der Waals surface area contributed by atoms with Crippen molar-refractivity contribution in [2.45, 2.75) is 37.8 Å². The second kappa shape index (κ2) is 3.41.